The lowest BCUT2D eigenvalue weighted by molar-refractivity contribution is -0.113. The third-order valence-corrected chi connectivity index (χ3v) is 6.88. The molecule has 1 fully saturated rings. The molecule has 1 aliphatic heterocycles. The van der Waals surface area contributed by atoms with E-state index in [1.807, 2.05) is 24.3 Å². The number of nitrogens with zero attached hydrogens (tertiary/aromatic N) is 3. The molecule has 1 aromatic carbocycles. The second-order valence-electron chi connectivity index (χ2n) is 8.18. The number of anilines is 2. The summed E-state index contributed by atoms with van der Waals surface area (Å²) < 4.78 is 0.941. The molecule has 156 valence electrons. The molecule has 0 radical (unpaired) electrons. The second-order valence-corrected chi connectivity index (χ2v) is 10.3. The van der Waals surface area contributed by atoms with Gasteiger partial charge < -0.3 is 10.2 Å². The monoisotopic (exact) mass is 430 g/mol. The van der Waals surface area contributed by atoms with Gasteiger partial charge in [-0.2, -0.15) is 0 Å². The van der Waals surface area contributed by atoms with E-state index < -0.39 is 0 Å². The summed E-state index contributed by atoms with van der Waals surface area (Å²) in [7, 11) is 0. The summed E-state index contributed by atoms with van der Waals surface area (Å²) in [4.78, 5) is 22.0. The number of rotatable bonds is 7. The van der Waals surface area contributed by atoms with Crippen molar-refractivity contribution in [2.24, 2.45) is 0 Å². The first-order valence-electron chi connectivity index (χ1n) is 9.92. The second kappa shape index (κ2) is 9.78. The van der Waals surface area contributed by atoms with Gasteiger partial charge in [0.05, 0.1) is 22.8 Å². The van der Waals surface area contributed by atoms with Gasteiger partial charge in [0.25, 0.3) is 0 Å². The van der Waals surface area contributed by atoms with E-state index in [0.717, 1.165) is 54.1 Å². The van der Waals surface area contributed by atoms with Gasteiger partial charge in [-0.3, -0.25) is 9.69 Å². The van der Waals surface area contributed by atoms with Crippen LogP contribution < -0.4 is 10.2 Å². The highest BCUT2D eigenvalue weighted by molar-refractivity contribution is 8.01. The summed E-state index contributed by atoms with van der Waals surface area (Å²) in [6.45, 7) is 15.1. The van der Waals surface area contributed by atoms with Crippen molar-refractivity contribution < 1.29 is 4.79 Å². The summed E-state index contributed by atoms with van der Waals surface area (Å²) in [5.41, 5.74) is 3.08. The first-order valence-corrected chi connectivity index (χ1v) is 11.8. The molecule has 3 rings (SSSR count). The fraction of sp³-hybridized carbons (Fsp3) is 0.455. The molecular weight excluding hydrogens is 400 g/mol. The number of carbonyl (C=O) groups excluding carboxylic acids is 1. The average Bonchev–Trinajstić information content (AvgIpc) is 3.18. The third-order valence-electron chi connectivity index (χ3n) is 4.86. The van der Waals surface area contributed by atoms with Crippen molar-refractivity contribution >= 4 is 40.4 Å². The number of carbonyl (C=O) groups is 1. The van der Waals surface area contributed by atoms with Crippen LogP contribution in [0, 0.1) is 0 Å². The number of amides is 1. The Morgan fingerprint density at radius 1 is 1.28 bits per heavy atom. The first kappa shape index (κ1) is 21.9. The van der Waals surface area contributed by atoms with Crippen LogP contribution in [0.3, 0.4) is 0 Å². The predicted molar refractivity (Wildman–Crippen MR) is 125 cm³/mol. The predicted octanol–water partition coefficient (Wildman–Crippen LogP) is 4.48. The van der Waals surface area contributed by atoms with Crippen molar-refractivity contribution in [1.82, 2.24) is 9.88 Å². The number of piperazine rings is 1. The van der Waals surface area contributed by atoms with E-state index in [9.17, 15) is 4.79 Å². The summed E-state index contributed by atoms with van der Waals surface area (Å²) in [5, 5.41) is 5.18. The van der Waals surface area contributed by atoms with Crippen LogP contribution in [0.1, 0.15) is 26.5 Å². The number of thiazole rings is 1. The molecule has 0 bridgehead atoms. The lowest BCUT2D eigenvalue weighted by Gasteiger charge is -2.36. The van der Waals surface area contributed by atoms with Gasteiger partial charge in [-0.1, -0.05) is 50.7 Å². The SMILES string of the molecule is C=CCN1CCN(c2ccccc2NC(=O)CSc2nc(C(C)(C)C)cs2)CC1. The van der Waals surface area contributed by atoms with Crippen LogP contribution >= 0.6 is 23.1 Å². The smallest absolute Gasteiger partial charge is 0.234 e. The Bertz CT molecular complexity index is 835. The van der Waals surface area contributed by atoms with Crippen LogP contribution in [0.4, 0.5) is 11.4 Å². The zero-order chi connectivity index (χ0) is 20.9. The van der Waals surface area contributed by atoms with Gasteiger partial charge >= 0.3 is 0 Å². The van der Waals surface area contributed by atoms with Gasteiger partial charge in [-0.15, -0.1) is 17.9 Å². The molecule has 0 spiro atoms. The maximum absolute atomic E-state index is 12.6. The van der Waals surface area contributed by atoms with Gasteiger partial charge in [0.15, 0.2) is 4.34 Å². The maximum atomic E-state index is 12.6. The Kier molecular flexibility index (Phi) is 7.38. The molecule has 1 aromatic heterocycles. The minimum absolute atomic E-state index is 0.000233. The Balaban J connectivity index is 1.57. The number of nitrogens with one attached hydrogen (secondary N) is 1. The molecule has 7 heteroatoms. The highest BCUT2D eigenvalue weighted by atomic mass is 32.2. The van der Waals surface area contributed by atoms with Crippen LogP contribution in [0.5, 0.6) is 0 Å². The standard InChI is InChI=1S/C22H30N4OS2/c1-5-10-25-11-13-26(14-12-25)18-9-7-6-8-17(18)23-20(27)16-29-21-24-19(15-28-21)22(2,3)4/h5-9,15H,1,10-14,16H2,2-4H3,(H,23,27). The number of hydrogen-bond donors (Lipinski definition) is 1. The van der Waals surface area contributed by atoms with E-state index in [1.54, 1.807) is 11.3 Å². The normalized spacial score (nSPS) is 15.3. The Labute approximate surface area is 182 Å². The van der Waals surface area contributed by atoms with E-state index in [1.165, 1.54) is 11.8 Å². The van der Waals surface area contributed by atoms with Crippen LogP contribution in [0.15, 0.2) is 46.6 Å². The fourth-order valence-corrected chi connectivity index (χ4v) is 5.04. The molecular formula is C22H30N4OS2. The Morgan fingerprint density at radius 2 is 2.00 bits per heavy atom. The highest BCUT2D eigenvalue weighted by Gasteiger charge is 2.20. The maximum Gasteiger partial charge on any atom is 0.234 e. The fourth-order valence-electron chi connectivity index (χ4n) is 3.19. The van der Waals surface area contributed by atoms with Crippen molar-refractivity contribution in [1.29, 1.82) is 0 Å². The average molecular weight is 431 g/mol. The molecule has 1 N–H and O–H groups in total. The van der Waals surface area contributed by atoms with Crippen molar-refractivity contribution in [2.75, 3.05) is 48.7 Å². The molecule has 1 aliphatic rings. The van der Waals surface area contributed by atoms with Gasteiger partial charge in [-0.25, -0.2) is 4.98 Å². The van der Waals surface area contributed by atoms with Crippen molar-refractivity contribution in [2.45, 2.75) is 30.5 Å². The van der Waals surface area contributed by atoms with Gasteiger partial charge in [-0.05, 0) is 12.1 Å². The number of benzene rings is 1. The van der Waals surface area contributed by atoms with Crippen LogP contribution in [-0.2, 0) is 10.2 Å². The van der Waals surface area contributed by atoms with Gasteiger partial charge in [0, 0.05) is 43.5 Å². The summed E-state index contributed by atoms with van der Waals surface area (Å²) in [5.74, 6) is 0.360. The summed E-state index contributed by atoms with van der Waals surface area (Å²) in [6.07, 6.45) is 1.95. The molecule has 0 unspecified atom stereocenters. The number of thioether (sulfide) groups is 1. The topological polar surface area (TPSA) is 48.5 Å². The minimum Gasteiger partial charge on any atom is -0.367 e. The third kappa shape index (κ3) is 6.07. The van der Waals surface area contributed by atoms with Gasteiger partial charge in [0.1, 0.15) is 0 Å². The van der Waals surface area contributed by atoms with Gasteiger partial charge in [0.2, 0.25) is 5.91 Å². The molecule has 2 heterocycles. The van der Waals surface area contributed by atoms with Crippen molar-refractivity contribution in [3.63, 3.8) is 0 Å². The number of para-hydroxylation sites is 2. The quantitative estimate of drug-likeness (QED) is 0.518. The molecule has 5 nitrogen and oxygen atoms in total. The zero-order valence-electron chi connectivity index (χ0n) is 17.5. The van der Waals surface area contributed by atoms with E-state index >= 15 is 0 Å². The van der Waals surface area contributed by atoms with Crippen LogP contribution in [-0.4, -0.2) is 54.3 Å². The van der Waals surface area contributed by atoms with Crippen molar-refractivity contribution in [3.8, 4) is 0 Å². The number of aromatic nitrogens is 1. The minimum atomic E-state index is 0.000233. The summed E-state index contributed by atoms with van der Waals surface area (Å²) >= 11 is 3.10. The Hall–Kier alpha value is -1.83. The first-order chi connectivity index (χ1) is 13.9. The Morgan fingerprint density at radius 3 is 2.66 bits per heavy atom. The molecule has 1 saturated heterocycles. The molecule has 0 saturated carbocycles. The van der Waals surface area contributed by atoms with E-state index in [4.69, 9.17) is 0 Å². The van der Waals surface area contributed by atoms with E-state index in [2.05, 4.69) is 58.9 Å². The molecule has 1 amide bonds. The lowest BCUT2D eigenvalue weighted by Crippen LogP contribution is -2.46. The molecule has 29 heavy (non-hydrogen) atoms. The zero-order valence-corrected chi connectivity index (χ0v) is 19.1. The molecule has 2 aromatic rings. The van der Waals surface area contributed by atoms with E-state index in [-0.39, 0.29) is 11.3 Å². The molecule has 0 aliphatic carbocycles. The largest absolute Gasteiger partial charge is 0.367 e. The van der Waals surface area contributed by atoms with Crippen LogP contribution in [0.2, 0.25) is 0 Å². The summed E-state index contributed by atoms with van der Waals surface area (Å²) in [6, 6.07) is 8.06. The highest BCUT2D eigenvalue weighted by Crippen LogP contribution is 2.30. The van der Waals surface area contributed by atoms with Crippen LogP contribution in [0.25, 0.3) is 0 Å². The number of hydrogen-bond acceptors (Lipinski definition) is 6. The molecule has 0 atom stereocenters. The van der Waals surface area contributed by atoms with Crippen molar-refractivity contribution in [3.05, 3.63) is 48.0 Å². The van der Waals surface area contributed by atoms with E-state index in [0.29, 0.717) is 5.75 Å². The lowest BCUT2D eigenvalue weighted by atomic mass is 9.93.